The fourth-order valence-electron chi connectivity index (χ4n) is 3.02. The summed E-state index contributed by atoms with van der Waals surface area (Å²) in [7, 11) is 0. The largest absolute Gasteiger partial charge is 0.356 e. The average Bonchev–Trinajstić information content (AvgIpc) is 2.37. The summed E-state index contributed by atoms with van der Waals surface area (Å²) < 4.78 is 26.0. The van der Waals surface area contributed by atoms with Crippen molar-refractivity contribution in [2.24, 2.45) is 11.8 Å². The molecule has 5 heteroatoms. The predicted octanol–water partition coefficient (Wildman–Crippen LogP) is 3.73. The number of halogens is 3. The molecule has 0 bridgehead atoms. The predicted molar refractivity (Wildman–Crippen MR) is 71.5 cm³/mol. The van der Waals surface area contributed by atoms with Crippen molar-refractivity contribution in [3.05, 3.63) is 0 Å². The molecular weight excluding hydrogens is 272 g/mol. The smallest absolute Gasteiger partial charge is 0.248 e. The minimum atomic E-state index is -2.56. The van der Waals surface area contributed by atoms with E-state index in [0.717, 1.165) is 25.7 Å². The zero-order chi connectivity index (χ0) is 13.9. The molecule has 0 spiro atoms. The van der Waals surface area contributed by atoms with Crippen molar-refractivity contribution in [3.8, 4) is 0 Å². The summed E-state index contributed by atoms with van der Waals surface area (Å²) >= 11 is 6.03. The molecule has 2 aliphatic carbocycles. The molecule has 2 nitrogen and oxygen atoms in total. The molecule has 0 unspecified atom stereocenters. The summed E-state index contributed by atoms with van der Waals surface area (Å²) in [6, 6.07) is 0. The van der Waals surface area contributed by atoms with Crippen molar-refractivity contribution < 1.29 is 13.6 Å². The highest BCUT2D eigenvalue weighted by Crippen LogP contribution is 2.36. The number of alkyl halides is 3. The molecule has 2 saturated carbocycles. The average molecular weight is 294 g/mol. The topological polar surface area (TPSA) is 29.1 Å². The van der Waals surface area contributed by atoms with E-state index in [1.165, 1.54) is 0 Å². The molecule has 0 atom stereocenters. The van der Waals surface area contributed by atoms with Crippen LogP contribution in [0.5, 0.6) is 0 Å². The monoisotopic (exact) mass is 293 g/mol. The third kappa shape index (κ3) is 4.59. The van der Waals surface area contributed by atoms with Gasteiger partial charge in [0.1, 0.15) is 0 Å². The van der Waals surface area contributed by atoms with Crippen LogP contribution in [0, 0.1) is 11.8 Å². The molecule has 2 rings (SSSR count). The Balaban J connectivity index is 1.67. The first-order valence-corrected chi connectivity index (χ1v) is 7.69. The SMILES string of the molecule is O=C(NCC1CCC(Cl)CC1)C1CCC(F)(F)CC1. The molecule has 110 valence electrons. The maximum atomic E-state index is 13.0. The first-order chi connectivity index (χ1) is 8.96. The molecule has 2 fully saturated rings. The van der Waals surface area contributed by atoms with Gasteiger partial charge < -0.3 is 5.32 Å². The van der Waals surface area contributed by atoms with Crippen LogP contribution in [0.3, 0.4) is 0 Å². The summed E-state index contributed by atoms with van der Waals surface area (Å²) in [6.07, 6.45) is 4.45. The second-order valence-electron chi connectivity index (χ2n) is 5.99. The Labute approximate surface area is 118 Å². The zero-order valence-electron chi connectivity index (χ0n) is 11.1. The Kier molecular flexibility index (Phi) is 5.04. The van der Waals surface area contributed by atoms with Gasteiger partial charge in [0.2, 0.25) is 11.8 Å². The maximum absolute atomic E-state index is 13.0. The van der Waals surface area contributed by atoms with E-state index in [0.29, 0.717) is 25.3 Å². The van der Waals surface area contributed by atoms with E-state index in [-0.39, 0.29) is 30.0 Å². The number of rotatable bonds is 3. The Morgan fingerprint density at radius 1 is 1.11 bits per heavy atom. The lowest BCUT2D eigenvalue weighted by atomic mass is 9.85. The van der Waals surface area contributed by atoms with Crippen molar-refractivity contribution in [2.45, 2.75) is 62.7 Å². The van der Waals surface area contributed by atoms with Gasteiger partial charge in [-0.25, -0.2) is 8.78 Å². The highest BCUT2D eigenvalue weighted by molar-refractivity contribution is 6.20. The van der Waals surface area contributed by atoms with Gasteiger partial charge in [0.15, 0.2) is 0 Å². The second kappa shape index (κ2) is 6.38. The molecule has 2 aliphatic rings. The molecule has 1 N–H and O–H groups in total. The first-order valence-electron chi connectivity index (χ1n) is 7.26. The highest BCUT2D eigenvalue weighted by Gasteiger charge is 2.37. The third-order valence-corrected chi connectivity index (χ3v) is 4.87. The van der Waals surface area contributed by atoms with E-state index in [9.17, 15) is 13.6 Å². The van der Waals surface area contributed by atoms with Crippen LogP contribution in [0.15, 0.2) is 0 Å². The number of amides is 1. The minimum absolute atomic E-state index is 0.0384. The van der Waals surface area contributed by atoms with Crippen LogP contribution < -0.4 is 5.32 Å². The summed E-state index contributed by atoms with van der Waals surface area (Å²) in [5.74, 6) is -2.31. The zero-order valence-corrected chi connectivity index (χ0v) is 11.9. The first kappa shape index (κ1) is 15.0. The summed E-state index contributed by atoms with van der Waals surface area (Å²) in [4.78, 5) is 11.9. The molecule has 0 radical (unpaired) electrons. The van der Waals surface area contributed by atoms with Crippen molar-refractivity contribution in [1.82, 2.24) is 5.32 Å². The fourth-order valence-corrected chi connectivity index (χ4v) is 3.27. The van der Waals surface area contributed by atoms with E-state index >= 15 is 0 Å². The number of carbonyl (C=O) groups excluding carboxylic acids is 1. The van der Waals surface area contributed by atoms with Gasteiger partial charge in [0, 0.05) is 30.7 Å². The lowest BCUT2D eigenvalue weighted by Crippen LogP contribution is -2.38. The maximum Gasteiger partial charge on any atom is 0.248 e. The van der Waals surface area contributed by atoms with Crippen LogP contribution in [-0.2, 0) is 4.79 Å². The minimum Gasteiger partial charge on any atom is -0.356 e. The lowest BCUT2D eigenvalue weighted by Gasteiger charge is -2.29. The second-order valence-corrected chi connectivity index (χ2v) is 6.61. The number of carbonyl (C=O) groups is 1. The standard InChI is InChI=1S/C14H22ClF2NO/c15-12-3-1-10(2-4-12)9-18-13(19)11-5-7-14(16,17)8-6-11/h10-12H,1-9H2,(H,18,19). The van der Waals surface area contributed by atoms with Gasteiger partial charge in [-0.05, 0) is 44.4 Å². The van der Waals surface area contributed by atoms with Crippen molar-refractivity contribution in [1.29, 1.82) is 0 Å². The molecule has 0 saturated heterocycles. The Bertz CT molecular complexity index is 307. The summed E-state index contributed by atoms with van der Waals surface area (Å²) in [6.45, 7) is 0.676. The number of nitrogens with one attached hydrogen (secondary N) is 1. The van der Waals surface area contributed by atoms with Crippen molar-refractivity contribution in [2.75, 3.05) is 6.54 Å². The highest BCUT2D eigenvalue weighted by atomic mass is 35.5. The van der Waals surface area contributed by atoms with Crippen LogP contribution in [-0.4, -0.2) is 23.8 Å². The molecule has 1 amide bonds. The van der Waals surface area contributed by atoms with E-state index in [1.54, 1.807) is 0 Å². The lowest BCUT2D eigenvalue weighted by molar-refractivity contribution is -0.129. The Hall–Kier alpha value is -0.380. The van der Waals surface area contributed by atoms with Gasteiger partial charge in [0.25, 0.3) is 0 Å². The number of hydrogen-bond donors (Lipinski definition) is 1. The van der Waals surface area contributed by atoms with Gasteiger partial charge in [-0.3, -0.25) is 4.79 Å². The van der Waals surface area contributed by atoms with Crippen molar-refractivity contribution >= 4 is 17.5 Å². The molecular formula is C14H22ClF2NO. The van der Waals surface area contributed by atoms with Gasteiger partial charge in [-0.2, -0.15) is 0 Å². The van der Waals surface area contributed by atoms with Crippen molar-refractivity contribution in [3.63, 3.8) is 0 Å². The van der Waals surface area contributed by atoms with Crippen LogP contribution in [0.25, 0.3) is 0 Å². The van der Waals surface area contributed by atoms with Crippen LogP contribution in [0.1, 0.15) is 51.4 Å². The van der Waals surface area contributed by atoms with Crippen LogP contribution in [0.2, 0.25) is 0 Å². The third-order valence-electron chi connectivity index (χ3n) is 4.43. The molecule has 0 aromatic rings. The quantitative estimate of drug-likeness (QED) is 0.789. The summed E-state index contributed by atoms with van der Waals surface area (Å²) in [5.41, 5.74) is 0. The Morgan fingerprint density at radius 2 is 1.68 bits per heavy atom. The van der Waals surface area contributed by atoms with Gasteiger partial charge in [-0.1, -0.05) is 0 Å². The molecule has 19 heavy (non-hydrogen) atoms. The Morgan fingerprint density at radius 3 is 2.26 bits per heavy atom. The van der Waals surface area contributed by atoms with Gasteiger partial charge in [0.05, 0.1) is 0 Å². The fraction of sp³-hybridized carbons (Fsp3) is 0.929. The molecule has 0 heterocycles. The van der Waals surface area contributed by atoms with E-state index in [2.05, 4.69) is 5.32 Å². The van der Waals surface area contributed by atoms with Gasteiger partial charge in [-0.15, -0.1) is 11.6 Å². The number of hydrogen-bond acceptors (Lipinski definition) is 1. The molecule has 0 aromatic heterocycles. The molecule has 0 aliphatic heterocycles. The van der Waals surface area contributed by atoms with Crippen LogP contribution in [0.4, 0.5) is 8.78 Å². The van der Waals surface area contributed by atoms with E-state index in [1.807, 2.05) is 0 Å². The van der Waals surface area contributed by atoms with Crippen LogP contribution >= 0.6 is 11.6 Å². The molecule has 0 aromatic carbocycles. The van der Waals surface area contributed by atoms with E-state index in [4.69, 9.17) is 11.6 Å². The normalized spacial score (nSPS) is 31.9. The van der Waals surface area contributed by atoms with E-state index < -0.39 is 5.92 Å². The van der Waals surface area contributed by atoms with Gasteiger partial charge >= 0.3 is 0 Å². The summed E-state index contributed by atoms with van der Waals surface area (Å²) in [5, 5.41) is 3.22.